The number of nitrogens with zero attached hydrogens (tertiary/aromatic N) is 1. The molecule has 1 aromatic heterocycles. The number of carbonyl (C=O) groups excluding carboxylic acids is 1. The standard InChI is InChI=1S/C17H21N3O/c1-3-8-19-15-4-5-16(13(2)11-15)17(21)20-12-14-6-9-18-10-7-14/h4-7,9-11,19H,3,8,12H2,1-2H3,(H,20,21). The summed E-state index contributed by atoms with van der Waals surface area (Å²) in [6.07, 6.45) is 4.52. The first-order chi connectivity index (χ1) is 10.2. The zero-order valence-electron chi connectivity index (χ0n) is 12.5. The van der Waals surface area contributed by atoms with Gasteiger partial charge in [-0.25, -0.2) is 0 Å². The van der Waals surface area contributed by atoms with E-state index in [2.05, 4.69) is 22.5 Å². The van der Waals surface area contributed by atoms with Crippen LogP contribution in [0, 0.1) is 6.92 Å². The molecule has 0 unspecified atom stereocenters. The van der Waals surface area contributed by atoms with Gasteiger partial charge in [0.2, 0.25) is 0 Å². The summed E-state index contributed by atoms with van der Waals surface area (Å²) in [7, 11) is 0. The van der Waals surface area contributed by atoms with Crippen molar-refractivity contribution in [1.29, 1.82) is 0 Å². The SMILES string of the molecule is CCCNc1ccc(C(=O)NCc2ccncc2)c(C)c1. The van der Waals surface area contributed by atoms with E-state index in [1.807, 2.05) is 37.3 Å². The Morgan fingerprint density at radius 1 is 1.19 bits per heavy atom. The van der Waals surface area contributed by atoms with Gasteiger partial charge in [0.1, 0.15) is 0 Å². The van der Waals surface area contributed by atoms with E-state index < -0.39 is 0 Å². The lowest BCUT2D eigenvalue weighted by molar-refractivity contribution is 0.0950. The minimum absolute atomic E-state index is 0.0497. The second kappa shape index (κ2) is 7.43. The number of carbonyl (C=O) groups is 1. The number of rotatable bonds is 6. The third-order valence-electron chi connectivity index (χ3n) is 3.25. The first-order valence-electron chi connectivity index (χ1n) is 7.22. The van der Waals surface area contributed by atoms with Gasteiger partial charge in [0.15, 0.2) is 0 Å². The number of aryl methyl sites for hydroxylation is 1. The highest BCUT2D eigenvalue weighted by Gasteiger charge is 2.09. The van der Waals surface area contributed by atoms with Crippen molar-refractivity contribution in [3.05, 3.63) is 59.4 Å². The molecule has 0 aliphatic heterocycles. The van der Waals surface area contributed by atoms with Gasteiger partial charge in [-0.2, -0.15) is 0 Å². The second-order valence-electron chi connectivity index (χ2n) is 4.99. The zero-order valence-corrected chi connectivity index (χ0v) is 12.5. The van der Waals surface area contributed by atoms with E-state index in [1.165, 1.54) is 0 Å². The maximum atomic E-state index is 12.2. The summed E-state index contributed by atoms with van der Waals surface area (Å²) >= 11 is 0. The largest absolute Gasteiger partial charge is 0.385 e. The van der Waals surface area contributed by atoms with Crippen LogP contribution in [0.15, 0.2) is 42.7 Å². The van der Waals surface area contributed by atoms with Crippen molar-refractivity contribution in [3.63, 3.8) is 0 Å². The Kier molecular flexibility index (Phi) is 5.32. The molecule has 4 nitrogen and oxygen atoms in total. The lowest BCUT2D eigenvalue weighted by Crippen LogP contribution is -2.23. The number of anilines is 1. The fourth-order valence-electron chi connectivity index (χ4n) is 2.08. The third-order valence-corrected chi connectivity index (χ3v) is 3.25. The summed E-state index contributed by atoms with van der Waals surface area (Å²) in [5.74, 6) is -0.0497. The summed E-state index contributed by atoms with van der Waals surface area (Å²) in [6.45, 7) is 5.53. The molecule has 0 spiro atoms. The quantitative estimate of drug-likeness (QED) is 0.856. The average molecular weight is 283 g/mol. The Balaban J connectivity index is 1.99. The fraction of sp³-hybridized carbons (Fsp3) is 0.294. The zero-order chi connectivity index (χ0) is 15.1. The van der Waals surface area contributed by atoms with Crippen molar-refractivity contribution in [1.82, 2.24) is 10.3 Å². The number of benzene rings is 1. The van der Waals surface area contributed by atoms with E-state index in [1.54, 1.807) is 12.4 Å². The van der Waals surface area contributed by atoms with Gasteiger partial charge in [-0.3, -0.25) is 9.78 Å². The Labute approximate surface area is 125 Å². The number of pyridine rings is 1. The first-order valence-corrected chi connectivity index (χ1v) is 7.22. The van der Waals surface area contributed by atoms with E-state index in [4.69, 9.17) is 0 Å². The van der Waals surface area contributed by atoms with Crippen molar-refractivity contribution < 1.29 is 4.79 Å². The van der Waals surface area contributed by atoms with Gasteiger partial charge < -0.3 is 10.6 Å². The topological polar surface area (TPSA) is 54.0 Å². The monoisotopic (exact) mass is 283 g/mol. The number of hydrogen-bond acceptors (Lipinski definition) is 3. The van der Waals surface area contributed by atoms with Crippen LogP contribution in [-0.2, 0) is 6.54 Å². The van der Waals surface area contributed by atoms with Gasteiger partial charge >= 0.3 is 0 Å². The van der Waals surface area contributed by atoms with E-state index in [-0.39, 0.29) is 5.91 Å². The molecule has 0 radical (unpaired) electrons. The highest BCUT2D eigenvalue weighted by Crippen LogP contribution is 2.15. The van der Waals surface area contributed by atoms with Crippen LogP contribution in [0.3, 0.4) is 0 Å². The van der Waals surface area contributed by atoms with Gasteiger partial charge in [-0.05, 0) is 54.8 Å². The van der Waals surface area contributed by atoms with Crippen LogP contribution in [-0.4, -0.2) is 17.4 Å². The summed E-state index contributed by atoms with van der Waals surface area (Å²) in [5, 5.41) is 6.25. The Morgan fingerprint density at radius 2 is 1.95 bits per heavy atom. The highest BCUT2D eigenvalue weighted by atomic mass is 16.1. The molecule has 0 fully saturated rings. The molecule has 0 atom stereocenters. The molecule has 1 heterocycles. The highest BCUT2D eigenvalue weighted by molar-refractivity contribution is 5.96. The molecule has 1 aromatic carbocycles. The van der Waals surface area contributed by atoms with Crippen LogP contribution in [0.25, 0.3) is 0 Å². The van der Waals surface area contributed by atoms with Gasteiger partial charge in [0.25, 0.3) is 5.91 Å². The molecule has 2 aromatic rings. The van der Waals surface area contributed by atoms with Crippen LogP contribution in [0.5, 0.6) is 0 Å². The summed E-state index contributed by atoms with van der Waals surface area (Å²) < 4.78 is 0. The summed E-state index contributed by atoms with van der Waals surface area (Å²) in [6, 6.07) is 9.62. The molecule has 0 saturated heterocycles. The van der Waals surface area contributed by atoms with Crippen molar-refractivity contribution in [2.75, 3.05) is 11.9 Å². The van der Waals surface area contributed by atoms with E-state index in [9.17, 15) is 4.79 Å². The molecule has 2 rings (SSSR count). The van der Waals surface area contributed by atoms with E-state index in [0.717, 1.165) is 29.8 Å². The predicted octanol–water partition coefficient (Wildman–Crippen LogP) is 3.14. The Morgan fingerprint density at radius 3 is 2.62 bits per heavy atom. The maximum Gasteiger partial charge on any atom is 0.251 e. The molecule has 1 amide bonds. The van der Waals surface area contributed by atoms with Crippen molar-refractivity contribution >= 4 is 11.6 Å². The predicted molar refractivity (Wildman–Crippen MR) is 85.4 cm³/mol. The smallest absolute Gasteiger partial charge is 0.251 e. The molecular weight excluding hydrogens is 262 g/mol. The molecule has 0 aliphatic rings. The van der Waals surface area contributed by atoms with Crippen LogP contribution in [0.1, 0.15) is 34.8 Å². The minimum atomic E-state index is -0.0497. The molecule has 110 valence electrons. The molecule has 0 bridgehead atoms. The summed E-state index contributed by atoms with van der Waals surface area (Å²) in [5.41, 5.74) is 3.78. The maximum absolute atomic E-state index is 12.2. The number of nitrogens with one attached hydrogen (secondary N) is 2. The van der Waals surface area contributed by atoms with Gasteiger partial charge in [-0.15, -0.1) is 0 Å². The Bertz CT molecular complexity index is 596. The molecule has 2 N–H and O–H groups in total. The average Bonchev–Trinajstić information content (AvgIpc) is 2.51. The third kappa shape index (κ3) is 4.31. The molecule has 21 heavy (non-hydrogen) atoms. The Hall–Kier alpha value is -2.36. The van der Waals surface area contributed by atoms with Crippen LogP contribution >= 0.6 is 0 Å². The molecule has 0 aliphatic carbocycles. The van der Waals surface area contributed by atoms with Gasteiger partial charge in [-0.1, -0.05) is 6.92 Å². The second-order valence-corrected chi connectivity index (χ2v) is 4.99. The molecular formula is C17H21N3O. The number of hydrogen-bond donors (Lipinski definition) is 2. The lowest BCUT2D eigenvalue weighted by atomic mass is 10.1. The van der Waals surface area contributed by atoms with Crippen molar-refractivity contribution in [2.45, 2.75) is 26.8 Å². The van der Waals surface area contributed by atoms with Crippen molar-refractivity contribution in [2.24, 2.45) is 0 Å². The van der Waals surface area contributed by atoms with Crippen LogP contribution in [0.2, 0.25) is 0 Å². The number of aromatic nitrogens is 1. The normalized spacial score (nSPS) is 10.2. The first kappa shape index (κ1) is 15.0. The van der Waals surface area contributed by atoms with Crippen LogP contribution < -0.4 is 10.6 Å². The molecule has 4 heteroatoms. The van der Waals surface area contributed by atoms with Gasteiger partial charge in [0, 0.05) is 36.7 Å². The van der Waals surface area contributed by atoms with Crippen molar-refractivity contribution in [3.8, 4) is 0 Å². The molecule has 0 saturated carbocycles. The van der Waals surface area contributed by atoms with E-state index in [0.29, 0.717) is 12.1 Å². The lowest BCUT2D eigenvalue weighted by Gasteiger charge is -2.10. The van der Waals surface area contributed by atoms with E-state index >= 15 is 0 Å². The van der Waals surface area contributed by atoms with Gasteiger partial charge in [0.05, 0.1) is 0 Å². The fourth-order valence-corrected chi connectivity index (χ4v) is 2.08. The summed E-state index contributed by atoms with van der Waals surface area (Å²) in [4.78, 5) is 16.2. The minimum Gasteiger partial charge on any atom is -0.385 e. The number of amides is 1. The van der Waals surface area contributed by atoms with Crippen LogP contribution in [0.4, 0.5) is 5.69 Å².